The molecule has 0 unspecified atom stereocenters. The van der Waals surface area contributed by atoms with Gasteiger partial charge in [-0.2, -0.15) is 0 Å². The van der Waals surface area contributed by atoms with E-state index < -0.39 is 6.09 Å². The SMILES string of the molecule is O=C(Nc1ccccc1)Oc1c(Cl)cc(Cl)c(Cl)c1Cl. The van der Waals surface area contributed by atoms with Gasteiger partial charge in [-0.25, -0.2) is 4.79 Å². The lowest BCUT2D eigenvalue weighted by Crippen LogP contribution is -2.17. The van der Waals surface area contributed by atoms with Crippen molar-refractivity contribution >= 4 is 58.2 Å². The molecule has 0 spiro atoms. The van der Waals surface area contributed by atoms with Crippen molar-refractivity contribution < 1.29 is 9.53 Å². The molecule has 104 valence electrons. The molecule has 2 rings (SSSR count). The fourth-order valence-corrected chi connectivity index (χ4v) is 2.38. The number of anilines is 1. The van der Waals surface area contributed by atoms with Gasteiger partial charge in [0.15, 0.2) is 5.75 Å². The molecule has 20 heavy (non-hydrogen) atoms. The molecular weight excluding hydrogens is 344 g/mol. The summed E-state index contributed by atoms with van der Waals surface area (Å²) in [6.07, 6.45) is -0.738. The van der Waals surface area contributed by atoms with Gasteiger partial charge in [-0.15, -0.1) is 0 Å². The number of carbonyl (C=O) groups excluding carboxylic acids is 1. The van der Waals surface area contributed by atoms with Crippen LogP contribution in [0.25, 0.3) is 0 Å². The van der Waals surface area contributed by atoms with Gasteiger partial charge in [0.2, 0.25) is 0 Å². The molecule has 1 amide bonds. The van der Waals surface area contributed by atoms with Crippen LogP contribution in [0.2, 0.25) is 20.1 Å². The molecule has 7 heteroatoms. The van der Waals surface area contributed by atoms with Crippen molar-refractivity contribution in [2.45, 2.75) is 0 Å². The summed E-state index contributed by atoms with van der Waals surface area (Å²) >= 11 is 23.5. The molecule has 0 aliphatic rings. The van der Waals surface area contributed by atoms with E-state index in [4.69, 9.17) is 51.1 Å². The predicted octanol–water partition coefficient (Wildman–Crippen LogP) is 5.91. The van der Waals surface area contributed by atoms with Gasteiger partial charge in [0.1, 0.15) is 5.02 Å². The minimum Gasteiger partial charge on any atom is -0.407 e. The molecule has 2 aromatic rings. The molecule has 3 nitrogen and oxygen atoms in total. The van der Waals surface area contributed by atoms with Gasteiger partial charge >= 0.3 is 6.09 Å². The van der Waals surface area contributed by atoms with Gasteiger partial charge in [0.05, 0.1) is 15.1 Å². The third-order valence-electron chi connectivity index (χ3n) is 2.29. The van der Waals surface area contributed by atoms with Crippen molar-refractivity contribution in [2.24, 2.45) is 0 Å². The third-order valence-corrected chi connectivity index (χ3v) is 3.81. The first-order valence-electron chi connectivity index (χ1n) is 5.36. The first-order chi connectivity index (χ1) is 9.49. The Bertz CT molecular complexity index is 647. The highest BCUT2D eigenvalue weighted by atomic mass is 35.5. The number of rotatable bonds is 2. The Morgan fingerprint density at radius 3 is 2.25 bits per heavy atom. The van der Waals surface area contributed by atoms with Crippen molar-refractivity contribution in [1.29, 1.82) is 0 Å². The second kappa shape index (κ2) is 6.55. The summed E-state index contributed by atoms with van der Waals surface area (Å²) in [6, 6.07) is 10.1. The van der Waals surface area contributed by atoms with E-state index >= 15 is 0 Å². The molecule has 0 atom stereocenters. The van der Waals surface area contributed by atoms with Gasteiger partial charge in [-0.05, 0) is 18.2 Å². The van der Waals surface area contributed by atoms with Crippen LogP contribution in [0, 0.1) is 0 Å². The summed E-state index contributed by atoms with van der Waals surface area (Å²) in [5, 5.41) is 2.84. The Kier molecular flexibility index (Phi) is 5.00. The molecular formula is C13H7Cl4NO2. The van der Waals surface area contributed by atoms with Crippen LogP contribution in [0.4, 0.5) is 10.5 Å². The predicted molar refractivity (Wildman–Crippen MR) is 82.6 cm³/mol. The van der Waals surface area contributed by atoms with E-state index in [-0.39, 0.29) is 25.8 Å². The maximum absolute atomic E-state index is 11.8. The lowest BCUT2D eigenvalue weighted by Gasteiger charge is -2.11. The second-order valence-electron chi connectivity index (χ2n) is 3.68. The fourth-order valence-electron chi connectivity index (χ4n) is 1.40. The van der Waals surface area contributed by atoms with Gasteiger partial charge in [0, 0.05) is 5.69 Å². The molecule has 0 saturated heterocycles. The largest absolute Gasteiger partial charge is 0.417 e. The smallest absolute Gasteiger partial charge is 0.407 e. The number of ether oxygens (including phenoxy) is 1. The number of carbonyl (C=O) groups is 1. The van der Waals surface area contributed by atoms with E-state index in [9.17, 15) is 4.79 Å². The maximum atomic E-state index is 11.8. The standard InChI is InChI=1S/C13H7Cl4NO2/c14-8-6-9(15)12(11(17)10(8)16)20-13(19)18-7-4-2-1-3-5-7/h1-6H,(H,18,19). The molecule has 0 aliphatic carbocycles. The van der Waals surface area contributed by atoms with E-state index in [1.807, 2.05) is 6.07 Å². The highest BCUT2D eigenvalue weighted by Crippen LogP contribution is 2.42. The monoisotopic (exact) mass is 349 g/mol. The Labute approximate surface area is 135 Å². The number of hydrogen-bond donors (Lipinski definition) is 1. The van der Waals surface area contributed by atoms with Crippen LogP contribution < -0.4 is 10.1 Å². The van der Waals surface area contributed by atoms with Gasteiger partial charge in [-0.3, -0.25) is 5.32 Å². The Balaban J connectivity index is 2.18. The Hall–Kier alpha value is -1.13. The minimum atomic E-state index is -0.738. The number of amides is 1. The van der Waals surface area contributed by atoms with Crippen LogP contribution in [-0.2, 0) is 0 Å². The molecule has 0 aliphatic heterocycles. The van der Waals surface area contributed by atoms with E-state index in [1.165, 1.54) is 6.07 Å². The van der Waals surface area contributed by atoms with Crippen molar-refractivity contribution in [2.75, 3.05) is 5.32 Å². The molecule has 0 aromatic heterocycles. The van der Waals surface area contributed by atoms with Gasteiger partial charge < -0.3 is 4.74 Å². The quantitative estimate of drug-likeness (QED) is 0.540. The van der Waals surface area contributed by atoms with Gasteiger partial charge in [-0.1, -0.05) is 64.6 Å². The van der Waals surface area contributed by atoms with Crippen LogP contribution in [-0.4, -0.2) is 6.09 Å². The fraction of sp³-hybridized carbons (Fsp3) is 0. The van der Waals surface area contributed by atoms with E-state index in [1.54, 1.807) is 24.3 Å². The van der Waals surface area contributed by atoms with E-state index in [0.717, 1.165) is 0 Å². The molecule has 0 saturated carbocycles. The van der Waals surface area contributed by atoms with Crippen LogP contribution >= 0.6 is 46.4 Å². The zero-order valence-corrected chi connectivity index (χ0v) is 12.8. The van der Waals surface area contributed by atoms with Crippen molar-refractivity contribution in [3.63, 3.8) is 0 Å². The number of benzene rings is 2. The zero-order valence-electron chi connectivity index (χ0n) is 9.79. The molecule has 0 heterocycles. The summed E-state index contributed by atoms with van der Waals surface area (Å²) in [7, 11) is 0. The van der Waals surface area contributed by atoms with E-state index in [0.29, 0.717) is 5.69 Å². The highest BCUT2D eigenvalue weighted by Gasteiger charge is 2.18. The first kappa shape index (κ1) is 15.3. The number of hydrogen-bond acceptors (Lipinski definition) is 2. The Morgan fingerprint density at radius 2 is 1.60 bits per heavy atom. The molecule has 0 bridgehead atoms. The molecule has 1 N–H and O–H groups in total. The zero-order chi connectivity index (χ0) is 14.7. The van der Waals surface area contributed by atoms with Crippen LogP contribution in [0.1, 0.15) is 0 Å². The lowest BCUT2D eigenvalue weighted by molar-refractivity contribution is 0.215. The number of nitrogens with one attached hydrogen (secondary N) is 1. The average molecular weight is 351 g/mol. The molecule has 2 aromatic carbocycles. The minimum absolute atomic E-state index is 0.0209. The van der Waals surface area contributed by atoms with Crippen LogP contribution in [0.5, 0.6) is 5.75 Å². The van der Waals surface area contributed by atoms with Crippen molar-refractivity contribution in [1.82, 2.24) is 0 Å². The molecule has 0 fully saturated rings. The van der Waals surface area contributed by atoms with Crippen molar-refractivity contribution in [3.8, 4) is 5.75 Å². The van der Waals surface area contributed by atoms with Crippen LogP contribution in [0.15, 0.2) is 36.4 Å². The normalized spacial score (nSPS) is 10.2. The van der Waals surface area contributed by atoms with Gasteiger partial charge in [0.25, 0.3) is 0 Å². The maximum Gasteiger partial charge on any atom is 0.417 e. The summed E-state index contributed by atoms with van der Waals surface area (Å²) in [4.78, 5) is 11.8. The second-order valence-corrected chi connectivity index (χ2v) is 5.25. The average Bonchev–Trinajstić information content (AvgIpc) is 2.42. The Morgan fingerprint density at radius 1 is 0.950 bits per heavy atom. The summed E-state index contributed by atoms with van der Waals surface area (Å²) < 4.78 is 5.06. The van der Waals surface area contributed by atoms with Crippen LogP contribution in [0.3, 0.4) is 0 Å². The topological polar surface area (TPSA) is 38.3 Å². The summed E-state index contributed by atoms with van der Waals surface area (Å²) in [5.41, 5.74) is 0.574. The number of para-hydroxylation sites is 1. The summed E-state index contributed by atoms with van der Waals surface area (Å²) in [5.74, 6) is -0.0452. The van der Waals surface area contributed by atoms with Crippen molar-refractivity contribution in [3.05, 3.63) is 56.5 Å². The van der Waals surface area contributed by atoms with E-state index in [2.05, 4.69) is 5.32 Å². The third kappa shape index (κ3) is 3.49. The molecule has 0 radical (unpaired) electrons. The summed E-state index contributed by atoms with van der Waals surface area (Å²) in [6.45, 7) is 0. The number of halogens is 4. The first-order valence-corrected chi connectivity index (χ1v) is 6.87. The lowest BCUT2D eigenvalue weighted by atomic mass is 10.3. The highest BCUT2D eigenvalue weighted by molar-refractivity contribution is 6.50.